The van der Waals surface area contributed by atoms with Crippen LogP contribution in [0.4, 0.5) is 5.69 Å². The summed E-state index contributed by atoms with van der Waals surface area (Å²) < 4.78 is 0. The fourth-order valence-electron chi connectivity index (χ4n) is 4.73. The van der Waals surface area contributed by atoms with E-state index in [-0.39, 0.29) is 27.7 Å². The minimum Gasteiger partial charge on any atom is -0.478 e. The number of amides is 2. The van der Waals surface area contributed by atoms with Crippen molar-refractivity contribution in [2.24, 2.45) is 5.73 Å². The minimum absolute atomic E-state index is 0.0252. The summed E-state index contributed by atoms with van der Waals surface area (Å²) in [6, 6.07) is 16.0. The third-order valence-electron chi connectivity index (χ3n) is 8.35. The van der Waals surface area contributed by atoms with Crippen LogP contribution < -0.4 is 16.4 Å². The van der Waals surface area contributed by atoms with Gasteiger partial charge in [0.2, 0.25) is 0 Å². The number of hydrogen-bond acceptors (Lipinski definition) is 5. The zero-order valence-electron chi connectivity index (χ0n) is 24.7. The molecule has 9 heteroatoms. The number of nitrogens with two attached hydrogens (primary N) is 1. The number of benzene rings is 3. The number of carbonyl (C=O) groups excluding carboxylic acids is 2. The van der Waals surface area contributed by atoms with E-state index < -0.39 is 29.4 Å². The Hall–Kier alpha value is -4.50. The summed E-state index contributed by atoms with van der Waals surface area (Å²) >= 11 is 0. The molecule has 0 saturated heterocycles. The van der Waals surface area contributed by atoms with Gasteiger partial charge in [0, 0.05) is 5.69 Å². The lowest BCUT2D eigenvalue weighted by molar-refractivity contribution is 0.0682. The van der Waals surface area contributed by atoms with Crippen molar-refractivity contribution in [1.82, 2.24) is 5.32 Å². The lowest BCUT2D eigenvalue weighted by Gasteiger charge is -2.28. The highest BCUT2D eigenvalue weighted by Crippen LogP contribution is 2.32. The number of hydrogen-bond donors (Lipinski definition) is 5. The Kier molecular flexibility index (Phi) is 9.91. The molecule has 0 bridgehead atoms. The third-order valence-corrected chi connectivity index (χ3v) is 8.35. The van der Waals surface area contributed by atoms with Crippen LogP contribution in [-0.4, -0.2) is 39.6 Å². The second kappa shape index (κ2) is 13.0. The molecule has 0 spiro atoms. The number of aromatic carboxylic acids is 2. The molecule has 3 aromatic carbocycles. The number of rotatable bonds is 12. The van der Waals surface area contributed by atoms with Gasteiger partial charge in [-0.3, -0.25) is 9.59 Å². The van der Waals surface area contributed by atoms with Gasteiger partial charge in [-0.05, 0) is 84.2 Å². The molecule has 42 heavy (non-hydrogen) atoms. The van der Waals surface area contributed by atoms with Gasteiger partial charge in [-0.2, -0.15) is 0 Å². The maximum absolute atomic E-state index is 13.1. The molecule has 0 aliphatic heterocycles. The second-order valence-corrected chi connectivity index (χ2v) is 10.7. The predicted octanol–water partition coefficient (Wildman–Crippen LogP) is 6.28. The number of carboxylic acids is 2. The summed E-state index contributed by atoms with van der Waals surface area (Å²) in [6.45, 7) is 10.1. The highest BCUT2D eigenvalue weighted by Gasteiger charge is 2.27. The largest absolute Gasteiger partial charge is 0.478 e. The van der Waals surface area contributed by atoms with Gasteiger partial charge in [-0.15, -0.1) is 0 Å². The van der Waals surface area contributed by atoms with Gasteiger partial charge in [0.05, 0.1) is 27.9 Å². The number of carboxylic acid groups (broad SMARTS) is 2. The first-order valence-electron chi connectivity index (χ1n) is 14.1. The fraction of sp³-hybridized carbons (Fsp3) is 0.333. The lowest BCUT2D eigenvalue weighted by atomic mass is 9.78. The lowest BCUT2D eigenvalue weighted by Crippen LogP contribution is -2.55. The van der Waals surface area contributed by atoms with Crippen molar-refractivity contribution < 1.29 is 29.4 Å². The van der Waals surface area contributed by atoms with E-state index in [0.717, 1.165) is 18.4 Å². The SMILES string of the molecule is CCC(N)(CC)NC(=O)c1ccc(-c2ccc(C(=O)Nc3ccc(C(C)(CC)CC)cc3)c(C(=O)O)c2)cc1C(=O)O. The van der Waals surface area contributed by atoms with Gasteiger partial charge in [0.25, 0.3) is 11.8 Å². The molecule has 0 aliphatic rings. The van der Waals surface area contributed by atoms with Crippen LogP contribution in [0.25, 0.3) is 11.1 Å². The molecule has 6 N–H and O–H groups in total. The molecule has 222 valence electrons. The smallest absolute Gasteiger partial charge is 0.336 e. The first kappa shape index (κ1) is 32.0. The van der Waals surface area contributed by atoms with Gasteiger partial charge in [0.1, 0.15) is 0 Å². The summed E-state index contributed by atoms with van der Waals surface area (Å²) in [5, 5.41) is 25.2. The van der Waals surface area contributed by atoms with Crippen molar-refractivity contribution in [3.05, 3.63) is 88.5 Å². The molecule has 9 nitrogen and oxygen atoms in total. The van der Waals surface area contributed by atoms with Gasteiger partial charge in [-0.25, -0.2) is 9.59 Å². The number of carbonyl (C=O) groups is 4. The van der Waals surface area contributed by atoms with Crippen molar-refractivity contribution in [2.75, 3.05) is 5.32 Å². The standard InChI is InChI=1S/C33H39N3O6/c1-6-32(5,7-2)22-12-14-23(15-13-22)35-28(37)24-16-10-20(18-26(24)30(39)40)21-11-17-25(27(19-21)31(41)42)29(38)36-33(34,8-3)9-4/h10-19H,6-9,34H2,1-5H3,(H,35,37)(H,36,38)(H,39,40)(H,41,42). The van der Waals surface area contributed by atoms with E-state index in [1.807, 2.05) is 26.0 Å². The molecule has 0 radical (unpaired) electrons. The van der Waals surface area contributed by atoms with Gasteiger partial charge in [-0.1, -0.05) is 58.9 Å². The molecule has 2 amide bonds. The molecule has 3 rings (SSSR count). The van der Waals surface area contributed by atoms with Crippen LogP contribution >= 0.6 is 0 Å². The Morgan fingerprint density at radius 1 is 0.667 bits per heavy atom. The summed E-state index contributed by atoms with van der Waals surface area (Å²) in [7, 11) is 0. The summed E-state index contributed by atoms with van der Waals surface area (Å²) in [4.78, 5) is 50.2. The number of nitrogens with one attached hydrogen (secondary N) is 2. The Morgan fingerprint density at radius 3 is 1.52 bits per heavy atom. The zero-order chi connectivity index (χ0) is 31.2. The molecule has 0 atom stereocenters. The monoisotopic (exact) mass is 573 g/mol. The van der Waals surface area contributed by atoms with E-state index in [9.17, 15) is 29.4 Å². The zero-order valence-corrected chi connectivity index (χ0v) is 24.7. The number of anilines is 1. The van der Waals surface area contributed by atoms with Crippen LogP contribution in [0.2, 0.25) is 0 Å². The molecule has 0 aromatic heterocycles. The molecule has 0 unspecified atom stereocenters. The Morgan fingerprint density at radius 2 is 1.12 bits per heavy atom. The summed E-state index contributed by atoms with van der Waals surface area (Å²) in [6.07, 6.45) is 2.85. The van der Waals surface area contributed by atoms with Crippen molar-refractivity contribution >= 4 is 29.4 Å². The first-order chi connectivity index (χ1) is 19.8. The van der Waals surface area contributed by atoms with Crippen LogP contribution in [0.3, 0.4) is 0 Å². The predicted molar refractivity (Wildman–Crippen MR) is 163 cm³/mol. The average Bonchev–Trinajstić information content (AvgIpc) is 3.00. The van der Waals surface area contributed by atoms with Crippen molar-refractivity contribution in [1.29, 1.82) is 0 Å². The fourth-order valence-corrected chi connectivity index (χ4v) is 4.73. The van der Waals surface area contributed by atoms with Gasteiger partial charge >= 0.3 is 11.9 Å². The van der Waals surface area contributed by atoms with Crippen LogP contribution in [0.15, 0.2) is 60.7 Å². The van der Waals surface area contributed by atoms with E-state index >= 15 is 0 Å². The van der Waals surface area contributed by atoms with E-state index in [4.69, 9.17) is 5.73 Å². The molecular weight excluding hydrogens is 534 g/mol. The molecule has 0 fully saturated rings. The molecule has 3 aromatic rings. The summed E-state index contributed by atoms with van der Waals surface area (Å²) in [5.41, 5.74) is 7.04. The van der Waals surface area contributed by atoms with E-state index in [2.05, 4.69) is 31.4 Å². The topological polar surface area (TPSA) is 159 Å². The Bertz CT molecular complexity index is 1490. The highest BCUT2D eigenvalue weighted by molar-refractivity contribution is 6.11. The summed E-state index contributed by atoms with van der Waals surface area (Å²) in [5.74, 6) is -3.84. The maximum atomic E-state index is 13.1. The minimum atomic E-state index is -1.32. The van der Waals surface area contributed by atoms with Crippen molar-refractivity contribution in [3.63, 3.8) is 0 Å². The Balaban J connectivity index is 1.92. The van der Waals surface area contributed by atoms with E-state index in [1.165, 1.54) is 36.4 Å². The molecular formula is C33H39N3O6. The average molecular weight is 574 g/mol. The Labute approximate surface area is 246 Å². The highest BCUT2D eigenvalue weighted by atomic mass is 16.4. The maximum Gasteiger partial charge on any atom is 0.336 e. The van der Waals surface area contributed by atoms with Crippen LogP contribution in [0.1, 0.15) is 107 Å². The molecule has 0 aliphatic carbocycles. The van der Waals surface area contributed by atoms with Crippen LogP contribution in [0, 0.1) is 0 Å². The normalized spacial score (nSPS) is 11.6. The van der Waals surface area contributed by atoms with Crippen molar-refractivity contribution in [2.45, 2.75) is 71.4 Å². The first-order valence-corrected chi connectivity index (χ1v) is 14.1. The third kappa shape index (κ3) is 6.86. The molecule has 0 heterocycles. The quantitative estimate of drug-likeness (QED) is 0.159. The van der Waals surface area contributed by atoms with Crippen LogP contribution in [0.5, 0.6) is 0 Å². The van der Waals surface area contributed by atoms with E-state index in [1.54, 1.807) is 12.1 Å². The van der Waals surface area contributed by atoms with Crippen LogP contribution in [-0.2, 0) is 5.41 Å². The van der Waals surface area contributed by atoms with Gasteiger partial charge in [0.15, 0.2) is 0 Å². The molecule has 0 saturated carbocycles. The van der Waals surface area contributed by atoms with E-state index in [0.29, 0.717) is 29.7 Å². The second-order valence-electron chi connectivity index (χ2n) is 10.7. The van der Waals surface area contributed by atoms with Crippen molar-refractivity contribution in [3.8, 4) is 11.1 Å². The van der Waals surface area contributed by atoms with Gasteiger partial charge < -0.3 is 26.6 Å².